The van der Waals surface area contributed by atoms with Crippen LogP contribution in [0.3, 0.4) is 0 Å². The fourth-order valence-electron chi connectivity index (χ4n) is 4.57. The standard InChI is InChI=1S/C25H22F3N3O.ClH/c1-30-22-5-2-12-29-15-21(22)20-11-10-18(14-23(20)30)31-13-3-4-19(24(31)32)16-6-8-17(9-7-16)25(26,27)28;/h3-4,6-11,13-14,29H,2,5,12,15H2,1H3;1H. The molecule has 172 valence electrons. The molecule has 0 atom stereocenters. The molecule has 0 amide bonds. The van der Waals surface area contributed by atoms with Gasteiger partial charge in [0.15, 0.2) is 0 Å². The van der Waals surface area contributed by atoms with E-state index >= 15 is 0 Å². The molecule has 0 saturated heterocycles. The molecule has 0 bridgehead atoms. The summed E-state index contributed by atoms with van der Waals surface area (Å²) in [5.74, 6) is 0. The quantitative estimate of drug-likeness (QED) is 0.419. The van der Waals surface area contributed by atoms with Crippen molar-refractivity contribution < 1.29 is 13.2 Å². The van der Waals surface area contributed by atoms with Crippen molar-refractivity contribution in [1.29, 1.82) is 0 Å². The highest BCUT2D eigenvalue weighted by atomic mass is 35.5. The lowest BCUT2D eigenvalue weighted by Crippen LogP contribution is -2.19. The number of rotatable bonds is 2. The van der Waals surface area contributed by atoms with E-state index in [0.717, 1.165) is 49.3 Å². The zero-order valence-corrected chi connectivity index (χ0v) is 18.8. The Hall–Kier alpha value is -3.03. The minimum atomic E-state index is -4.41. The lowest BCUT2D eigenvalue weighted by Gasteiger charge is -2.11. The van der Waals surface area contributed by atoms with Crippen molar-refractivity contribution in [3.8, 4) is 16.8 Å². The Bertz CT molecular complexity index is 1370. The topological polar surface area (TPSA) is 39.0 Å². The number of alkyl halides is 3. The molecule has 33 heavy (non-hydrogen) atoms. The maximum Gasteiger partial charge on any atom is 0.416 e. The van der Waals surface area contributed by atoms with Crippen molar-refractivity contribution in [3.63, 3.8) is 0 Å². The monoisotopic (exact) mass is 473 g/mol. The number of benzene rings is 2. The van der Waals surface area contributed by atoms with Gasteiger partial charge in [0.25, 0.3) is 5.56 Å². The molecule has 1 aliphatic heterocycles. The first-order valence-electron chi connectivity index (χ1n) is 10.5. The molecule has 4 aromatic rings. The number of halogens is 4. The fraction of sp³-hybridized carbons (Fsp3) is 0.240. The summed E-state index contributed by atoms with van der Waals surface area (Å²) in [5, 5.41) is 4.64. The maximum absolute atomic E-state index is 13.2. The summed E-state index contributed by atoms with van der Waals surface area (Å²) >= 11 is 0. The van der Waals surface area contributed by atoms with Crippen molar-refractivity contribution in [2.75, 3.05) is 6.54 Å². The Balaban J connectivity index is 0.00000259. The highest BCUT2D eigenvalue weighted by molar-refractivity contribution is 5.87. The second-order valence-electron chi connectivity index (χ2n) is 8.14. The molecule has 8 heteroatoms. The number of hydrogen-bond donors (Lipinski definition) is 1. The highest BCUT2D eigenvalue weighted by Gasteiger charge is 2.30. The Morgan fingerprint density at radius 3 is 2.52 bits per heavy atom. The van der Waals surface area contributed by atoms with Gasteiger partial charge in [-0.3, -0.25) is 9.36 Å². The Labute approximate surface area is 195 Å². The molecular formula is C25H23ClF3N3O. The summed E-state index contributed by atoms with van der Waals surface area (Å²) in [5.41, 5.74) is 4.20. The molecule has 0 fully saturated rings. The molecular weight excluding hydrogens is 451 g/mol. The van der Waals surface area contributed by atoms with Gasteiger partial charge >= 0.3 is 6.18 Å². The second-order valence-corrected chi connectivity index (χ2v) is 8.14. The van der Waals surface area contributed by atoms with E-state index in [4.69, 9.17) is 0 Å². The van der Waals surface area contributed by atoms with E-state index in [1.807, 2.05) is 18.2 Å². The average molecular weight is 474 g/mol. The smallest absolute Gasteiger partial charge is 0.347 e. The fourth-order valence-corrected chi connectivity index (χ4v) is 4.57. The normalized spacial score (nSPS) is 13.9. The van der Waals surface area contributed by atoms with Crippen molar-refractivity contribution in [3.05, 3.63) is 88.0 Å². The van der Waals surface area contributed by atoms with Gasteiger partial charge in [-0.15, -0.1) is 12.4 Å². The maximum atomic E-state index is 13.2. The predicted molar refractivity (Wildman–Crippen MR) is 126 cm³/mol. The van der Waals surface area contributed by atoms with Crippen LogP contribution < -0.4 is 10.9 Å². The third-order valence-electron chi connectivity index (χ3n) is 6.24. The van der Waals surface area contributed by atoms with Gasteiger partial charge in [0.05, 0.1) is 16.8 Å². The van der Waals surface area contributed by atoms with E-state index in [0.29, 0.717) is 11.1 Å². The van der Waals surface area contributed by atoms with Crippen LogP contribution in [0.25, 0.3) is 27.7 Å². The van der Waals surface area contributed by atoms with E-state index < -0.39 is 11.7 Å². The molecule has 2 aromatic carbocycles. The number of aryl methyl sites for hydroxylation is 1. The van der Waals surface area contributed by atoms with Crippen LogP contribution in [0.4, 0.5) is 13.2 Å². The van der Waals surface area contributed by atoms with E-state index in [9.17, 15) is 18.0 Å². The number of nitrogens with one attached hydrogen (secondary N) is 1. The third kappa shape index (κ3) is 4.07. The van der Waals surface area contributed by atoms with E-state index in [1.54, 1.807) is 22.9 Å². The van der Waals surface area contributed by atoms with Crippen molar-refractivity contribution in [1.82, 2.24) is 14.5 Å². The molecule has 2 aromatic heterocycles. The van der Waals surface area contributed by atoms with E-state index in [2.05, 4.69) is 16.9 Å². The van der Waals surface area contributed by atoms with Crippen LogP contribution in [0, 0.1) is 0 Å². The van der Waals surface area contributed by atoms with Gasteiger partial charge in [-0.25, -0.2) is 0 Å². The van der Waals surface area contributed by atoms with Gasteiger partial charge in [-0.2, -0.15) is 13.2 Å². The minimum absolute atomic E-state index is 0. The summed E-state index contributed by atoms with van der Waals surface area (Å²) in [4.78, 5) is 13.2. The molecule has 0 unspecified atom stereocenters. The Morgan fingerprint density at radius 2 is 1.79 bits per heavy atom. The van der Waals surface area contributed by atoms with E-state index in [-0.39, 0.29) is 18.0 Å². The number of hydrogen-bond acceptors (Lipinski definition) is 2. The van der Waals surface area contributed by atoms with Crippen LogP contribution in [-0.4, -0.2) is 15.7 Å². The number of aromatic nitrogens is 2. The van der Waals surface area contributed by atoms with Crippen LogP contribution in [-0.2, 0) is 26.2 Å². The Morgan fingerprint density at radius 1 is 1.03 bits per heavy atom. The van der Waals surface area contributed by atoms with Gasteiger partial charge in [-0.05, 0) is 66.9 Å². The first-order chi connectivity index (χ1) is 15.3. The zero-order chi connectivity index (χ0) is 22.5. The predicted octanol–water partition coefficient (Wildman–Crippen LogP) is 5.47. The zero-order valence-electron chi connectivity index (χ0n) is 17.9. The molecule has 1 N–H and O–H groups in total. The number of nitrogens with zero attached hydrogens (tertiary/aromatic N) is 2. The molecule has 0 aliphatic carbocycles. The molecule has 0 spiro atoms. The lowest BCUT2D eigenvalue weighted by atomic mass is 10.0. The minimum Gasteiger partial charge on any atom is -0.347 e. The van der Waals surface area contributed by atoms with Gasteiger partial charge in [-0.1, -0.05) is 18.2 Å². The SMILES string of the molecule is Cl.Cn1c2c(c3ccc(-n4cccc(-c5ccc(C(F)(F)F)cc5)c4=O)cc31)CNCCC2. The van der Waals surface area contributed by atoms with Crippen LogP contribution in [0.2, 0.25) is 0 Å². The van der Waals surface area contributed by atoms with Crippen LogP contribution in [0.1, 0.15) is 23.2 Å². The molecule has 0 saturated carbocycles. The summed E-state index contributed by atoms with van der Waals surface area (Å²) in [6, 6.07) is 14.0. The molecule has 1 aliphatic rings. The summed E-state index contributed by atoms with van der Waals surface area (Å²) in [6.45, 7) is 1.83. The lowest BCUT2D eigenvalue weighted by molar-refractivity contribution is -0.137. The van der Waals surface area contributed by atoms with E-state index in [1.165, 1.54) is 28.8 Å². The van der Waals surface area contributed by atoms with Crippen LogP contribution in [0.5, 0.6) is 0 Å². The second kappa shape index (κ2) is 8.72. The summed E-state index contributed by atoms with van der Waals surface area (Å²) < 4.78 is 42.4. The summed E-state index contributed by atoms with van der Waals surface area (Å²) in [7, 11) is 2.05. The largest absolute Gasteiger partial charge is 0.416 e. The molecule has 5 rings (SSSR count). The van der Waals surface area contributed by atoms with Gasteiger partial charge in [0.2, 0.25) is 0 Å². The van der Waals surface area contributed by atoms with Gasteiger partial charge in [0.1, 0.15) is 0 Å². The third-order valence-corrected chi connectivity index (χ3v) is 6.24. The number of pyridine rings is 1. The van der Waals surface area contributed by atoms with Crippen molar-refractivity contribution in [2.24, 2.45) is 7.05 Å². The Kier molecular flexibility index (Phi) is 6.12. The van der Waals surface area contributed by atoms with Crippen molar-refractivity contribution in [2.45, 2.75) is 25.6 Å². The molecule has 3 heterocycles. The van der Waals surface area contributed by atoms with Crippen LogP contribution >= 0.6 is 12.4 Å². The molecule has 4 nitrogen and oxygen atoms in total. The first kappa shape index (κ1) is 23.1. The van der Waals surface area contributed by atoms with Gasteiger partial charge < -0.3 is 9.88 Å². The van der Waals surface area contributed by atoms with Gasteiger partial charge in [0, 0.05) is 36.4 Å². The van der Waals surface area contributed by atoms with Crippen LogP contribution in [0.15, 0.2) is 65.6 Å². The highest BCUT2D eigenvalue weighted by Crippen LogP contribution is 2.31. The summed E-state index contributed by atoms with van der Waals surface area (Å²) in [6.07, 6.45) is -0.634. The van der Waals surface area contributed by atoms with Crippen molar-refractivity contribution >= 4 is 23.3 Å². The average Bonchev–Trinajstić information content (AvgIpc) is 2.93. The molecule has 0 radical (unpaired) electrons. The first-order valence-corrected chi connectivity index (χ1v) is 10.5. The number of fused-ring (bicyclic) bond motifs is 3.